The number of para-hydroxylation sites is 8. The van der Waals surface area contributed by atoms with Gasteiger partial charge in [-0.2, -0.15) is 0 Å². The average Bonchev–Trinajstić information content (AvgIpc) is 1.81. The van der Waals surface area contributed by atoms with Gasteiger partial charge in [-0.05, 0) is 182 Å². The van der Waals surface area contributed by atoms with E-state index >= 15 is 0 Å². The van der Waals surface area contributed by atoms with Crippen molar-refractivity contribution in [2.75, 3.05) is 19.6 Å². The Labute approximate surface area is 522 Å². The molecule has 4 heterocycles. The highest BCUT2D eigenvalue weighted by atomic mass is 15.2. The summed E-state index contributed by atoms with van der Waals surface area (Å²) in [6, 6.07) is 117. The molecule has 0 aliphatic carbocycles. The standard InChI is InChI=1S/C82H58N8/c1-9-25-61(26-10-1)85(62-27-11-2-12-28-62)69-41-45-79-75(51-69)76-52-70(86(63-29-13-3-14-30-63)64-31-15-4-16-32-64)42-46-80(76)89(79)73-49-59(55-83-57-73)60-50-74(58-84-56-60)90-81-47-43-71(87(65-33-17-5-18-34-65)66-35-19-6-20-36-66)53-77(81)78-54-72(44-48-82(78)90)88(67-37-21-7-22-38-67)68-39-23-8-24-40-68/h1-58H. The fourth-order valence-corrected chi connectivity index (χ4v) is 12.9. The zero-order chi connectivity index (χ0) is 59.7. The Bertz CT molecular complexity index is 4410. The number of aromatic nitrogens is 4. The second-order valence-corrected chi connectivity index (χ2v) is 22.4. The lowest BCUT2D eigenvalue weighted by molar-refractivity contribution is 1.13. The molecule has 0 fully saturated rings. The van der Waals surface area contributed by atoms with Crippen molar-refractivity contribution in [3.8, 4) is 22.5 Å². The number of benzene rings is 12. The molecule has 426 valence electrons. The third-order valence-electron chi connectivity index (χ3n) is 16.9. The number of rotatable bonds is 15. The van der Waals surface area contributed by atoms with Crippen LogP contribution in [0.25, 0.3) is 66.1 Å². The van der Waals surface area contributed by atoms with Gasteiger partial charge in [0.1, 0.15) is 0 Å². The van der Waals surface area contributed by atoms with E-state index in [4.69, 9.17) is 9.97 Å². The second-order valence-electron chi connectivity index (χ2n) is 22.4. The molecular formula is C82H58N8. The fourth-order valence-electron chi connectivity index (χ4n) is 12.9. The molecule has 0 amide bonds. The average molecular weight is 1160 g/mol. The molecule has 4 aromatic heterocycles. The first-order valence-electron chi connectivity index (χ1n) is 30.4. The Hall–Kier alpha value is -12.3. The van der Waals surface area contributed by atoms with Crippen LogP contribution in [0.5, 0.6) is 0 Å². The van der Waals surface area contributed by atoms with E-state index in [0.29, 0.717) is 0 Å². The fraction of sp³-hybridized carbons (Fsp3) is 0. The van der Waals surface area contributed by atoms with Crippen molar-refractivity contribution >= 4 is 112 Å². The molecule has 0 aliphatic heterocycles. The molecule has 0 saturated heterocycles. The molecule has 12 aromatic carbocycles. The Morgan fingerprint density at radius 1 is 0.189 bits per heavy atom. The Kier molecular flexibility index (Phi) is 13.7. The molecule has 90 heavy (non-hydrogen) atoms. The molecule has 0 unspecified atom stereocenters. The van der Waals surface area contributed by atoms with E-state index in [-0.39, 0.29) is 0 Å². The van der Waals surface area contributed by atoms with Crippen LogP contribution in [0.3, 0.4) is 0 Å². The summed E-state index contributed by atoms with van der Waals surface area (Å²) in [6.07, 6.45) is 7.87. The van der Waals surface area contributed by atoms with Gasteiger partial charge in [-0.1, -0.05) is 146 Å². The Morgan fingerprint density at radius 3 is 0.589 bits per heavy atom. The third kappa shape index (κ3) is 9.80. The van der Waals surface area contributed by atoms with Gasteiger partial charge < -0.3 is 28.7 Å². The van der Waals surface area contributed by atoms with Gasteiger partial charge in [0.15, 0.2) is 0 Å². The normalized spacial score (nSPS) is 11.3. The monoisotopic (exact) mass is 1150 g/mol. The number of pyridine rings is 2. The number of fused-ring (bicyclic) bond motifs is 6. The number of nitrogens with zero attached hydrogens (tertiary/aromatic N) is 8. The summed E-state index contributed by atoms with van der Waals surface area (Å²) < 4.78 is 4.72. The summed E-state index contributed by atoms with van der Waals surface area (Å²) >= 11 is 0. The lowest BCUT2D eigenvalue weighted by Crippen LogP contribution is -2.09. The van der Waals surface area contributed by atoms with E-state index < -0.39 is 0 Å². The quantitative estimate of drug-likeness (QED) is 0.102. The first kappa shape index (κ1) is 53.2. The molecule has 8 nitrogen and oxygen atoms in total. The number of hydrogen-bond acceptors (Lipinski definition) is 6. The smallest absolute Gasteiger partial charge is 0.0651 e. The van der Waals surface area contributed by atoms with Crippen LogP contribution in [-0.4, -0.2) is 19.1 Å². The van der Waals surface area contributed by atoms with Crippen LogP contribution in [0.1, 0.15) is 0 Å². The molecule has 0 bridgehead atoms. The van der Waals surface area contributed by atoms with Crippen molar-refractivity contribution in [1.29, 1.82) is 0 Å². The van der Waals surface area contributed by atoms with Gasteiger partial charge in [-0.15, -0.1) is 0 Å². The molecule has 0 radical (unpaired) electrons. The highest BCUT2D eigenvalue weighted by Gasteiger charge is 2.24. The zero-order valence-corrected chi connectivity index (χ0v) is 49.1. The van der Waals surface area contributed by atoms with E-state index in [1.165, 1.54) is 0 Å². The van der Waals surface area contributed by atoms with E-state index in [1.54, 1.807) is 0 Å². The Morgan fingerprint density at radius 2 is 0.389 bits per heavy atom. The van der Waals surface area contributed by atoms with Gasteiger partial charge in [0.05, 0.1) is 45.8 Å². The number of hydrogen-bond donors (Lipinski definition) is 0. The van der Waals surface area contributed by atoms with Crippen molar-refractivity contribution in [3.05, 3.63) is 352 Å². The van der Waals surface area contributed by atoms with E-state index in [9.17, 15) is 0 Å². The maximum Gasteiger partial charge on any atom is 0.0651 e. The summed E-state index contributed by atoms with van der Waals surface area (Å²) in [5.74, 6) is 0. The van der Waals surface area contributed by atoms with E-state index in [2.05, 4.69) is 356 Å². The van der Waals surface area contributed by atoms with Gasteiger partial charge in [0.25, 0.3) is 0 Å². The van der Waals surface area contributed by atoms with Crippen LogP contribution in [0.15, 0.2) is 352 Å². The summed E-state index contributed by atoms with van der Waals surface area (Å²) in [5.41, 5.74) is 20.8. The maximum absolute atomic E-state index is 5.04. The van der Waals surface area contributed by atoms with Gasteiger partial charge in [-0.25, -0.2) is 0 Å². The summed E-state index contributed by atoms with van der Waals surface area (Å²) in [6.45, 7) is 0. The van der Waals surface area contributed by atoms with Crippen LogP contribution in [-0.2, 0) is 0 Å². The van der Waals surface area contributed by atoms with E-state index in [0.717, 1.165) is 134 Å². The van der Waals surface area contributed by atoms with Gasteiger partial charge >= 0.3 is 0 Å². The molecule has 16 rings (SSSR count). The lowest BCUT2D eigenvalue weighted by atomic mass is 10.1. The molecule has 0 spiro atoms. The first-order chi connectivity index (χ1) is 44.7. The largest absolute Gasteiger partial charge is 0.310 e. The summed E-state index contributed by atoms with van der Waals surface area (Å²) in [4.78, 5) is 19.4. The van der Waals surface area contributed by atoms with E-state index in [1.807, 2.05) is 24.8 Å². The molecule has 0 aliphatic rings. The minimum absolute atomic E-state index is 0.934. The minimum atomic E-state index is 0.934. The molecule has 0 atom stereocenters. The number of anilines is 12. The zero-order valence-electron chi connectivity index (χ0n) is 49.1. The molecular weight excluding hydrogens is 1100 g/mol. The van der Waals surface area contributed by atoms with Crippen molar-refractivity contribution in [2.24, 2.45) is 0 Å². The van der Waals surface area contributed by atoms with Crippen LogP contribution in [0, 0.1) is 0 Å². The van der Waals surface area contributed by atoms with Crippen LogP contribution in [0.2, 0.25) is 0 Å². The highest BCUT2D eigenvalue weighted by molar-refractivity contribution is 6.13. The van der Waals surface area contributed by atoms with Crippen molar-refractivity contribution in [1.82, 2.24) is 19.1 Å². The van der Waals surface area contributed by atoms with Crippen molar-refractivity contribution in [3.63, 3.8) is 0 Å². The van der Waals surface area contributed by atoms with Crippen molar-refractivity contribution < 1.29 is 0 Å². The SMILES string of the molecule is c1ccc(N(c2ccccc2)c2ccc3c(c2)c2cc(N(c4ccccc4)c4ccccc4)ccc2n3-c2cncc(-c3cncc(-n4c5ccc(N(c6ccccc6)c6ccccc6)cc5c5cc(N(c6ccccc6)c6ccccc6)ccc54)c3)c2)cc1. The first-order valence-corrected chi connectivity index (χ1v) is 30.4. The maximum atomic E-state index is 5.04. The molecule has 0 saturated carbocycles. The van der Waals surface area contributed by atoms with Crippen LogP contribution >= 0.6 is 0 Å². The van der Waals surface area contributed by atoms with Crippen LogP contribution < -0.4 is 19.6 Å². The topological polar surface area (TPSA) is 48.6 Å². The van der Waals surface area contributed by atoms with Gasteiger partial charge in [0, 0.05) is 113 Å². The lowest BCUT2D eigenvalue weighted by Gasteiger charge is -2.26. The second kappa shape index (κ2) is 23.2. The molecule has 8 heteroatoms. The summed E-state index contributed by atoms with van der Waals surface area (Å²) in [5, 5.41) is 4.45. The van der Waals surface area contributed by atoms with Gasteiger partial charge in [-0.3, -0.25) is 9.97 Å². The predicted molar refractivity (Wildman–Crippen MR) is 375 cm³/mol. The highest BCUT2D eigenvalue weighted by Crippen LogP contribution is 2.46. The van der Waals surface area contributed by atoms with Gasteiger partial charge in [0.2, 0.25) is 0 Å². The molecule has 16 aromatic rings. The summed E-state index contributed by atoms with van der Waals surface area (Å²) in [7, 11) is 0. The van der Waals surface area contributed by atoms with Crippen molar-refractivity contribution in [2.45, 2.75) is 0 Å². The Balaban J connectivity index is 0.859. The van der Waals surface area contributed by atoms with Crippen LogP contribution in [0.4, 0.5) is 68.2 Å². The third-order valence-corrected chi connectivity index (χ3v) is 16.9. The predicted octanol–water partition coefficient (Wildman–Crippen LogP) is 22.2. The molecule has 0 N–H and O–H groups in total. The minimum Gasteiger partial charge on any atom is -0.310 e.